The molecule has 0 heterocycles. The maximum Gasteiger partial charge on any atom is 0.307 e. The molecule has 0 spiro atoms. The maximum atomic E-state index is 12.4. The van der Waals surface area contributed by atoms with Crippen LogP contribution < -0.4 is 10.6 Å². The van der Waals surface area contributed by atoms with Gasteiger partial charge in [0.2, 0.25) is 0 Å². The van der Waals surface area contributed by atoms with Crippen molar-refractivity contribution in [3.05, 3.63) is 64.7 Å². The van der Waals surface area contributed by atoms with Crippen molar-refractivity contribution in [1.29, 1.82) is 0 Å². The average molecular weight is 366 g/mol. The number of carbonyl (C=O) groups is 3. The van der Waals surface area contributed by atoms with Gasteiger partial charge in [-0.3, -0.25) is 14.4 Å². The zero-order chi connectivity index (χ0) is 19.2. The zero-order valence-electron chi connectivity index (χ0n) is 15.2. The van der Waals surface area contributed by atoms with Gasteiger partial charge in [-0.1, -0.05) is 6.07 Å². The lowest BCUT2D eigenvalue weighted by atomic mass is 10.1. The minimum Gasteiger partial charge on any atom is -0.469 e. The van der Waals surface area contributed by atoms with Crippen molar-refractivity contribution < 1.29 is 19.1 Å². The minimum absolute atomic E-state index is 0.122. The molecule has 0 saturated carbocycles. The van der Waals surface area contributed by atoms with E-state index in [9.17, 15) is 14.4 Å². The molecule has 0 saturated heterocycles. The van der Waals surface area contributed by atoms with Gasteiger partial charge < -0.3 is 15.4 Å². The highest BCUT2D eigenvalue weighted by atomic mass is 16.5. The molecule has 2 aromatic rings. The predicted octanol–water partition coefficient (Wildman–Crippen LogP) is 2.72. The summed E-state index contributed by atoms with van der Waals surface area (Å²) >= 11 is 0. The van der Waals surface area contributed by atoms with Crippen molar-refractivity contribution >= 4 is 23.5 Å². The van der Waals surface area contributed by atoms with Gasteiger partial charge in [-0.05, 0) is 66.8 Å². The number of benzene rings is 2. The number of aryl methyl sites for hydroxylation is 2. The number of hydrogen-bond acceptors (Lipinski definition) is 4. The summed E-state index contributed by atoms with van der Waals surface area (Å²) in [5, 5.41) is 5.50. The van der Waals surface area contributed by atoms with Crippen LogP contribution in [0.15, 0.2) is 42.5 Å². The summed E-state index contributed by atoms with van der Waals surface area (Å²) in [6.45, 7) is 0.211. The molecule has 0 aromatic heterocycles. The number of esters is 1. The van der Waals surface area contributed by atoms with Crippen LogP contribution >= 0.6 is 0 Å². The fourth-order valence-corrected chi connectivity index (χ4v) is 3.10. The van der Waals surface area contributed by atoms with Crippen LogP contribution in [0.25, 0.3) is 0 Å². The van der Waals surface area contributed by atoms with Gasteiger partial charge in [0, 0.05) is 23.4 Å². The number of fused-ring (bicyclic) bond motifs is 1. The third-order valence-corrected chi connectivity index (χ3v) is 4.61. The molecule has 0 unspecified atom stereocenters. The molecule has 140 valence electrons. The monoisotopic (exact) mass is 366 g/mol. The van der Waals surface area contributed by atoms with E-state index >= 15 is 0 Å². The Bertz CT molecular complexity index is 859. The van der Waals surface area contributed by atoms with Crippen molar-refractivity contribution in [1.82, 2.24) is 5.32 Å². The van der Waals surface area contributed by atoms with Crippen LogP contribution in [0.4, 0.5) is 5.69 Å². The Morgan fingerprint density at radius 2 is 1.63 bits per heavy atom. The summed E-state index contributed by atoms with van der Waals surface area (Å²) in [5.41, 5.74) is 4.29. The van der Waals surface area contributed by atoms with Crippen LogP contribution in [0, 0.1) is 0 Å². The van der Waals surface area contributed by atoms with Crippen molar-refractivity contribution in [2.45, 2.75) is 25.7 Å². The van der Waals surface area contributed by atoms with E-state index in [0.717, 1.165) is 19.3 Å². The van der Waals surface area contributed by atoms with E-state index < -0.39 is 0 Å². The van der Waals surface area contributed by atoms with Crippen molar-refractivity contribution in [3.8, 4) is 0 Å². The lowest BCUT2D eigenvalue weighted by Crippen LogP contribution is -2.26. The second-order valence-corrected chi connectivity index (χ2v) is 6.45. The van der Waals surface area contributed by atoms with Crippen LogP contribution in [0.2, 0.25) is 0 Å². The number of anilines is 1. The molecule has 2 aromatic carbocycles. The number of ether oxygens (including phenoxy) is 1. The van der Waals surface area contributed by atoms with Gasteiger partial charge in [-0.25, -0.2) is 0 Å². The normalized spacial score (nSPS) is 12.2. The van der Waals surface area contributed by atoms with Gasteiger partial charge in [-0.2, -0.15) is 0 Å². The maximum absolute atomic E-state index is 12.4. The summed E-state index contributed by atoms with van der Waals surface area (Å²) in [5.74, 6) is -0.824. The number of rotatable bonds is 6. The number of methoxy groups -OCH3 is 1. The average Bonchev–Trinajstić information content (AvgIpc) is 3.16. The van der Waals surface area contributed by atoms with Gasteiger partial charge in [0.15, 0.2) is 0 Å². The zero-order valence-corrected chi connectivity index (χ0v) is 15.2. The smallest absolute Gasteiger partial charge is 0.307 e. The highest BCUT2D eigenvalue weighted by molar-refractivity contribution is 6.04. The summed E-state index contributed by atoms with van der Waals surface area (Å²) < 4.78 is 4.52. The second-order valence-electron chi connectivity index (χ2n) is 6.45. The summed E-state index contributed by atoms with van der Waals surface area (Å²) in [7, 11) is 1.31. The third-order valence-electron chi connectivity index (χ3n) is 4.61. The number of hydrogen-bond donors (Lipinski definition) is 2. The fourth-order valence-electron chi connectivity index (χ4n) is 3.10. The molecule has 6 nitrogen and oxygen atoms in total. The predicted molar refractivity (Wildman–Crippen MR) is 102 cm³/mol. The highest BCUT2D eigenvalue weighted by Gasteiger charge is 2.14. The summed E-state index contributed by atoms with van der Waals surface area (Å²) in [6, 6.07) is 12.5. The molecule has 2 amide bonds. The first-order valence-electron chi connectivity index (χ1n) is 8.95. The Morgan fingerprint density at radius 1 is 0.926 bits per heavy atom. The Morgan fingerprint density at radius 3 is 2.37 bits per heavy atom. The van der Waals surface area contributed by atoms with Gasteiger partial charge >= 0.3 is 5.97 Å². The highest BCUT2D eigenvalue weighted by Crippen LogP contribution is 2.23. The van der Waals surface area contributed by atoms with Crippen LogP contribution in [-0.2, 0) is 22.4 Å². The molecular formula is C21H22N2O4. The Kier molecular flexibility index (Phi) is 5.86. The quantitative estimate of drug-likeness (QED) is 0.770. The van der Waals surface area contributed by atoms with Gasteiger partial charge in [0.25, 0.3) is 11.8 Å². The number of nitrogens with one attached hydrogen (secondary N) is 2. The number of carbonyl (C=O) groups excluding carboxylic acids is 3. The Balaban J connectivity index is 1.56. The topological polar surface area (TPSA) is 84.5 Å². The van der Waals surface area contributed by atoms with E-state index in [1.54, 1.807) is 24.3 Å². The van der Waals surface area contributed by atoms with Crippen LogP contribution in [0.1, 0.15) is 44.7 Å². The lowest BCUT2D eigenvalue weighted by molar-refractivity contribution is -0.140. The molecule has 3 rings (SSSR count). The molecule has 27 heavy (non-hydrogen) atoms. The molecule has 1 aliphatic carbocycles. The molecule has 2 N–H and O–H groups in total. The van der Waals surface area contributed by atoms with E-state index in [4.69, 9.17) is 0 Å². The first-order valence-corrected chi connectivity index (χ1v) is 8.95. The third kappa shape index (κ3) is 4.73. The SMILES string of the molecule is COC(=O)CCNC(=O)c1ccc(NC(=O)c2ccc3c(c2)CCC3)cc1. The van der Waals surface area contributed by atoms with Gasteiger partial charge in [0.05, 0.1) is 13.5 Å². The molecular weight excluding hydrogens is 344 g/mol. The van der Waals surface area contributed by atoms with E-state index in [0.29, 0.717) is 16.8 Å². The standard InChI is InChI=1S/C21H22N2O4/c1-27-19(24)11-12-22-20(25)15-7-9-18(10-8-15)23-21(26)17-6-5-14-3-2-4-16(14)13-17/h5-10,13H,2-4,11-12H2,1H3,(H,22,25)(H,23,26). The molecule has 0 atom stereocenters. The van der Waals surface area contributed by atoms with Gasteiger partial charge in [0.1, 0.15) is 0 Å². The first kappa shape index (κ1) is 18.6. The van der Waals surface area contributed by atoms with Crippen LogP contribution in [0.3, 0.4) is 0 Å². The van der Waals surface area contributed by atoms with Crippen molar-refractivity contribution in [2.24, 2.45) is 0 Å². The van der Waals surface area contributed by atoms with E-state index in [1.165, 1.54) is 18.2 Å². The Labute approximate surface area is 157 Å². The number of amides is 2. The second kappa shape index (κ2) is 8.49. The summed E-state index contributed by atoms with van der Waals surface area (Å²) in [6.07, 6.45) is 3.37. The van der Waals surface area contributed by atoms with Crippen molar-refractivity contribution in [3.63, 3.8) is 0 Å². The Hall–Kier alpha value is -3.15. The van der Waals surface area contributed by atoms with Crippen LogP contribution in [0.5, 0.6) is 0 Å². The molecule has 0 radical (unpaired) electrons. The molecule has 0 fully saturated rings. The molecule has 0 bridgehead atoms. The van der Waals surface area contributed by atoms with E-state index in [1.807, 2.05) is 18.2 Å². The van der Waals surface area contributed by atoms with Crippen molar-refractivity contribution in [2.75, 3.05) is 19.0 Å². The lowest BCUT2D eigenvalue weighted by Gasteiger charge is -2.08. The fraction of sp³-hybridized carbons (Fsp3) is 0.286. The molecule has 6 heteroatoms. The molecule has 0 aliphatic heterocycles. The minimum atomic E-state index is -0.375. The van der Waals surface area contributed by atoms with E-state index in [-0.39, 0.29) is 30.7 Å². The van der Waals surface area contributed by atoms with Crippen LogP contribution in [-0.4, -0.2) is 31.4 Å². The largest absolute Gasteiger partial charge is 0.469 e. The van der Waals surface area contributed by atoms with E-state index in [2.05, 4.69) is 15.4 Å². The molecule has 1 aliphatic rings. The summed E-state index contributed by atoms with van der Waals surface area (Å²) in [4.78, 5) is 35.5. The first-order chi connectivity index (χ1) is 13.1. The van der Waals surface area contributed by atoms with Gasteiger partial charge in [-0.15, -0.1) is 0 Å².